The quantitative estimate of drug-likeness (QED) is 0.606. The van der Waals surface area contributed by atoms with Gasteiger partial charge in [-0.1, -0.05) is 24.3 Å². The van der Waals surface area contributed by atoms with Crippen molar-refractivity contribution in [1.82, 2.24) is 4.98 Å². The molecular formula is C14H16FN3. The third-order valence-corrected chi connectivity index (χ3v) is 2.48. The number of hydrogen-bond donors (Lipinski definition) is 2. The van der Waals surface area contributed by atoms with E-state index >= 15 is 0 Å². The highest BCUT2D eigenvalue weighted by molar-refractivity contribution is 5.42. The van der Waals surface area contributed by atoms with Crippen molar-refractivity contribution in [3.05, 3.63) is 54.5 Å². The molecular weight excluding hydrogens is 229 g/mol. The van der Waals surface area contributed by atoms with Crippen molar-refractivity contribution in [2.45, 2.75) is 6.42 Å². The Morgan fingerprint density at radius 3 is 2.44 bits per heavy atom. The van der Waals surface area contributed by atoms with Crippen molar-refractivity contribution >= 4 is 11.5 Å². The number of hydrogen-bond acceptors (Lipinski definition) is 3. The molecule has 0 amide bonds. The van der Waals surface area contributed by atoms with E-state index in [1.807, 2.05) is 30.3 Å². The van der Waals surface area contributed by atoms with Crippen LogP contribution in [0.25, 0.3) is 0 Å². The number of anilines is 2. The zero-order chi connectivity index (χ0) is 12.6. The Labute approximate surface area is 106 Å². The van der Waals surface area contributed by atoms with E-state index in [4.69, 9.17) is 0 Å². The molecule has 0 spiro atoms. The number of rotatable bonds is 6. The molecule has 0 atom stereocenters. The van der Waals surface area contributed by atoms with Gasteiger partial charge >= 0.3 is 0 Å². The molecule has 2 rings (SSSR count). The van der Waals surface area contributed by atoms with E-state index in [0.717, 1.165) is 25.2 Å². The SMILES string of the molecule is Fc1cccc(NCCCNc2ccccc2)n1. The summed E-state index contributed by atoms with van der Waals surface area (Å²) in [6, 6.07) is 14.8. The third-order valence-electron chi connectivity index (χ3n) is 2.48. The topological polar surface area (TPSA) is 37.0 Å². The Hall–Kier alpha value is -2.10. The van der Waals surface area contributed by atoms with E-state index in [0.29, 0.717) is 5.82 Å². The van der Waals surface area contributed by atoms with Crippen LogP contribution in [0.5, 0.6) is 0 Å². The predicted molar refractivity (Wildman–Crippen MR) is 72.2 cm³/mol. The van der Waals surface area contributed by atoms with E-state index in [-0.39, 0.29) is 0 Å². The minimum atomic E-state index is -0.456. The molecule has 0 fully saturated rings. The molecule has 0 aliphatic carbocycles. The van der Waals surface area contributed by atoms with Gasteiger partial charge in [-0.2, -0.15) is 4.39 Å². The van der Waals surface area contributed by atoms with Crippen molar-refractivity contribution in [2.24, 2.45) is 0 Å². The maximum atomic E-state index is 12.8. The van der Waals surface area contributed by atoms with Gasteiger partial charge < -0.3 is 10.6 Å². The number of nitrogens with zero attached hydrogens (tertiary/aromatic N) is 1. The molecule has 2 aromatic rings. The number of halogens is 1. The van der Waals surface area contributed by atoms with Crippen molar-refractivity contribution in [2.75, 3.05) is 23.7 Å². The average Bonchev–Trinajstić information content (AvgIpc) is 2.40. The van der Waals surface area contributed by atoms with Crippen molar-refractivity contribution in [1.29, 1.82) is 0 Å². The molecule has 18 heavy (non-hydrogen) atoms. The zero-order valence-corrected chi connectivity index (χ0v) is 10.1. The summed E-state index contributed by atoms with van der Waals surface area (Å²) in [5, 5.41) is 6.39. The summed E-state index contributed by atoms with van der Waals surface area (Å²) < 4.78 is 12.8. The molecule has 0 saturated carbocycles. The largest absolute Gasteiger partial charge is 0.385 e. The van der Waals surface area contributed by atoms with Gasteiger partial charge in [0, 0.05) is 18.8 Å². The lowest BCUT2D eigenvalue weighted by atomic mass is 10.3. The minimum absolute atomic E-state index is 0.456. The molecule has 0 aliphatic heterocycles. The first-order valence-electron chi connectivity index (χ1n) is 6.00. The fourth-order valence-electron chi connectivity index (χ4n) is 1.60. The van der Waals surface area contributed by atoms with Gasteiger partial charge in [0.15, 0.2) is 0 Å². The Kier molecular flexibility index (Phi) is 4.53. The van der Waals surface area contributed by atoms with Gasteiger partial charge in [-0.15, -0.1) is 0 Å². The molecule has 1 aromatic carbocycles. The first kappa shape index (κ1) is 12.4. The maximum absolute atomic E-state index is 12.8. The molecule has 1 heterocycles. The van der Waals surface area contributed by atoms with E-state index in [1.54, 1.807) is 12.1 Å². The molecule has 0 radical (unpaired) electrons. The Morgan fingerprint density at radius 1 is 0.889 bits per heavy atom. The summed E-state index contributed by atoms with van der Waals surface area (Å²) in [7, 11) is 0. The maximum Gasteiger partial charge on any atom is 0.214 e. The molecule has 0 unspecified atom stereocenters. The van der Waals surface area contributed by atoms with Crippen LogP contribution in [0, 0.1) is 5.95 Å². The number of benzene rings is 1. The van der Waals surface area contributed by atoms with Gasteiger partial charge in [0.05, 0.1) is 0 Å². The van der Waals surface area contributed by atoms with E-state index in [9.17, 15) is 4.39 Å². The number of para-hydroxylation sites is 1. The average molecular weight is 245 g/mol. The lowest BCUT2D eigenvalue weighted by Crippen LogP contribution is -2.10. The standard InChI is InChI=1S/C14H16FN3/c15-13-8-4-9-14(18-13)17-11-5-10-16-12-6-2-1-3-7-12/h1-4,6-9,16H,5,10-11H2,(H,17,18). The lowest BCUT2D eigenvalue weighted by molar-refractivity contribution is 0.585. The molecule has 3 nitrogen and oxygen atoms in total. The molecule has 0 bridgehead atoms. The monoisotopic (exact) mass is 245 g/mol. The summed E-state index contributed by atoms with van der Waals surface area (Å²) >= 11 is 0. The summed E-state index contributed by atoms with van der Waals surface area (Å²) in [5.74, 6) is 0.122. The van der Waals surface area contributed by atoms with Crippen molar-refractivity contribution in [3.63, 3.8) is 0 Å². The third kappa shape index (κ3) is 4.05. The van der Waals surface area contributed by atoms with Crippen LogP contribution in [0.3, 0.4) is 0 Å². The Bertz CT molecular complexity index is 473. The van der Waals surface area contributed by atoms with Gasteiger partial charge in [-0.25, -0.2) is 4.98 Å². The predicted octanol–water partition coefficient (Wildman–Crippen LogP) is 3.13. The lowest BCUT2D eigenvalue weighted by Gasteiger charge is -2.07. The second-order valence-corrected chi connectivity index (χ2v) is 3.92. The first-order valence-corrected chi connectivity index (χ1v) is 6.00. The Balaban J connectivity index is 1.65. The molecule has 0 aliphatic rings. The van der Waals surface area contributed by atoms with Crippen LogP contribution in [0.1, 0.15) is 6.42 Å². The fraction of sp³-hybridized carbons (Fsp3) is 0.214. The second kappa shape index (κ2) is 6.59. The van der Waals surface area contributed by atoms with Crippen LogP contribution < -0.4 is 10.6 Å². The highest BCUT2D eigenvalue weighted by Crippen LogP contribution is 2.05. The number of aromatic nitrogens is 1. The van der Waals surface area contributed by atoms with Crippen LogP contribution in [0.4, 0.5) is 15.9 Å². The van der Waals surface area contributed by atoms with Gasteiger partial charge in [0.2, 0.25) is 5.95 Å². The highest BCUT2D eigenvalue weighted by Gasteiger charge is 1.95. The summed E-state index contributed by atoms with van der Waals surface area (Å²) in [6.07, 6.45) is 0.938. The van der Waals surface area contributed by atoms with Crippen LogP contribution in [0.2, 0.25) is 0 Å². The van der Waals surface area contributed by atoms with Crippen molar-refractivity contribution in [3.8, 4) is 0 Å². The molecule has 1 aromatic heterocycles. The molecule has 2 N–H and O–H groups in total. The van der Waals surface area contributed by atoms with Crippen LogP contribution in [0.15, 0.2) is 48.5 Å². The molecule has 0 saturated heterocycles. The van der Waals surface area contributed by atoms with Crippen LogP contribution in [-0.4, -0.2) is 18.1 Å². The summed E-state index contributed by atoms with van der Waals surface area (Å²) in [4.78, 5) is 3.73. The van der Waals surface area contributed by atoms with Crippen LogP contribution >= 0.6 is 0 Å². The van der Waals surface area contributed by atoms with E-state index < -0.39 is 5.95 Å². The van der Waals surface area contributed by atoms with Crippen molar-refractivity contribution < 1.29 is 4.39 Å². The fourth-order valence-corrected chi connectivity index (χ4v) is 1.60. The summed E-state index contributed by atoms with van der Waals surface area (Å²) in [5.41, 5.74) is 1.11. The van der Waals surface area contributed by atoms with Gasteiger partial charge in [-0.3, -0.25) is 0 Å². The highest BCUT2D eigenvalue weighted by atomic mass is 19.1. The molecule has 94 valence electrons. The second-order valence-electron chi connectivity index (χ2n) is 3.92. The van der Waals surface area contributed by atoms with Gasteiger partial charge in [0.25, 0.3) is 0 Å². The zero-order valence-electron chi connectivity index (χ0n) is 10.1. The summed E-state index contributed by atoms with van der Waals surface area (Å²) in [6.45, 7) is 1.63. The minimum Gasteiger partial charge on any atom is -0.385 e. The van der Waals surface area contributed by atoms with Gasteiger partial charge in [0.1, 0.15) is 5.82 Å². The normalized spacial score (nSPS) is 10.1. The molecule has 4 heteroatoms. The van der Waals surface area contributed by atoms with Crippen LogP contribution in [-0.2, 0) is 0 Å². The van der Waals surface area contributed by atoms with E-state index in [2.05, 4.69) is 15.6 Å². The number of pyridine rings is 1. The van der Waals surface area contributed by atoms with E-state index in [1.165, 1.54) is 6.07 Å². The Morgan fingerprint density at radius 2 is 1.67 bits per heavy atom. The van der Waals surface area contributed by atoms with Gasteiger partial charge in [-0.05, 0) is 30.7 Å². The first-order chi connectivity index (χ1) is 8.84. The smallest absolute Gasteiger partial charge is 0.214 e. The number of nitrogens with one attached hydrogen (secondary N) is 2.